The summed E-state index contributed by atoms with van der Waals surface area (Å²) in [6.07, 6.45) is 1.71. The van der Waals surface area contributed by atoms with Gasteiger partial charge in [0.2, 0.25) is 0 Å². The molecule has 2 rings (SSSR count). The molecule has 1 aromatic heterocycles. The molecule has 0 aliphatic heterocycles. The third kappa shape index (κ3) is 2.24. The molecule has 4 nitrogen and oxygen atoms in total. The molecule has 0 fully saturated rings. The van der Waals surface area contributed by atoms with E-state index in [2.05, 4.69) is 21.0 Å². The first-order valence-electron chi connectivity index (χ1n) is 5.05. The molecule has 0 saturated carbocycles. The SMILES string of the molecule is Cc1cc(-n2cc(C)c(C(=O)O)n2)ccc1Br. The lowest BCUT2D eigenvalue weighted by Crippen LogP contribution is -2.01. The summed E-state index contributed by atoms with van der Waals surface area (Å²) in [5.74, 6) is -1.00. The molecule has 0 unspecified atom stereocenters. The number of hydrogen-bond acceptors (Lipinski definition) is 2. The van der Waals surface area contributed by atoms with E-state index in [1.165, 1.54) is 0 Å². The Bertz CT molecular complexity index is 590. The number of carboxylic acids is 1. The maximum absolute atomic E-state index is 10.9. The maximum Gasteiger partial charge on any atom is 0.356 e. The van der Waals surface area contributed by atoms with Crippen molar-refractivity contribution in [2.75, 3.05) is 0 Å². The minimum absolute atomic E-state index is 0.0885. The van der Waals surface area contributed by atoms with Crippen LogP contribution in [0, 0.1) is 13.8 Å². The van der Waals surface area contributed by atoms with Crippen LogP contribution in [0.1, 0.15) is 21.6 Å². The summed E-state index contributed by atoms with van der Waals surface area (Å²) in [7, 11) is 0. The standard InChI is InChI=1S/C12H11BrN2O2/c1-7-5-9(3-4-10(7)13)15-6-8(2)11(14-15)12(16)17/h3-6H,1-2H3,(H,16,17). The van der Waals surface area contributed by atoms with Crippen molar-refractivity contribution in [1.82, 2.24) is 9.78 Å². The monoisotopic (exact) mass is 294 g/mol. The first kappa shape index (κ1) is 11.9. The van der Waals surface area contributed by atoms with Crippen molar-refractivity contribution in [3.05, 3.63) is 45.7 Å². The molecular formula is C12H11BrN2O2. The number of nitrogens with zero attached hydrogens (tertiary/aromatic N) is 2. The molecule has 0 aliphatic carbocycles. The normalized spacial score (nSPS) is 10.5. The number of aromatic nitrogens is 2. The largest absolute Gasteiger partial charge is 0.476 e. The van der Waals surface area contributed by atoms with Gasteiger partial charge in [-0.25, -0.2) is 9.48 Å². The van der Waals surface area contributed by atoms with Crippen molar-refractivity contribution in [2.45, 2.75) is 13.8 Å². The second kappa shape index (κ2) is 4.33. The average Bonchev–Trinajstić information content (AvgIpc) is 2.64. The van der Waals surface area contributed by atoms with Gasteiger partial charge in [-0.15, -0.1) is 0 Å². The fourth-order valence-corrected chi connectivity index (χ4v) is 1.82. The van der Waals surface area contributed by atoms with Crippen LogP contribution in [0.25, 0.3) is 5.69 Å². The van der Waals surface area contributed by atoms with Gasteiger partial charge in [0.25, 0.3) is 0 Å². The van der Waals surface area contributed by atoms with Gasteiger partial charge in [-0.05, 0) is 37.6 Å². The molecule has 1 N–H and O–H groups in total. The van der Waals surface area contributed by atoms with E-state index in [4.69, 9.17) is 5.11 Å². The summed E-state index contributed by atoms with van der Waals surface area (Å²) in [4.78, 5) is 10.9. The highest BCUT2D eigenvalue weighted by atomic mass is 79.9. The Morgan fingerprint density at radius 2 is 2.06 bits per heavy atom. The number of carbonyl (C=O) groups is 1. The molecule has 0 bridgehead atoms. The zero-order valence-electron chi connectivity index (χ0n) is 9.44. The molecule has 0 amide bonds. The second-order valence-electron chi connectivity index (χ2n) is 3.84. The predicted octanol–water partition coefficient (Wildman–Crippen LogP) is 2.95. The number of aryl methyl sites for hydroxylation is 2. The van der Waals surface area contributed by atoms with Gasteiger partial charge in [-0.3, -0.25) is 0 Å². The number of carboxylic acid groups (broad SMARTS) is 1. The van der Waals surface area contributed by atoms with Gasteiger partial charge in [0.1, 0.15) is 0 Å². The average molecular weight is 295 g/mol. The Labute approximate surface area is 107 Å². The lowest BCUT2D eigenvalue weighted by molar-refractivity contribution is 0.0689. The molecule has 0 radical (unpaired) electrons. The minimum Gasteiger partial charge on any atom is -0.476 e. The van der Waals surface area contributed by atoms with Crippen LogP contribution in [0.4, 0.5) is 0 Å². The van der Waals surface area contributed by atoms with Crippen LogP contribution in [0.2, 0.25) is 0 Å². The van der Waals surface area contributed by atoms with Crippen molar-refractivity contribution in [3.8, 4) is 5.69 Å². The molecule has 1 heterocycles. The van der Waals surface area contributed by atoms with E-state index >= 15 is 0 Å². The van der Waals surface area contributed by atoms with Crippen LogP contribution in [-0.4, -0.2) is 20.9 Å². The Morgan fingerprint density at radius 3 is 2.59 bits per heavy atom. The fourth-order valence-electron chi connectivity index (χ4n) is 1.58. The van der Waals surface area contributed by atoms with Crippen LogP contribution < -0.4 is 0 Å². The third-order valence-corrected chi connectivity index (χ3v) is 3.40. The van der Waals surface area contributed by atoms with Crippen molar-refractivity contribution >= 4 is 21.9 Å². The molecular weight excluding hydrogens is 284 g/mol. The lowest BCUT2D eigenvalue weighted by Gasteiger charge is -2.03. The van der Waals surface area contributed by atoms with Crippen LogP contribution in [0.15, 0.2) is 28.9 Å². The second-order valence-corrected chi connectivity index (χ2v) is 4.70. The fraction of sp³-hybridized carbons (Fsp3) is 0.167. The van der Waals surface area contributed by atoms with Gasteiger partial charge in [0.05, 0.1) is 5.69 Å². The molecule has 0 saturated heterocycles. The van der Waals surface area contributed by atoms with Crippen molar-refractivity contribution < 1.29 is 9.90 Å². The van der Waals surface area contributed by atoms with Crippen molar-refractivity contribution in [2.24, 2.45) is 0 Å². The summed E-state index contributed by atoms with van der Waals surface area (Å²) >= 11 is 3.42. The number of rotatable bonds is 2. The molecule has 2 aromatic rings. The summed E-state index contributed by atoms with van der Waals surface area (Å²) in [6.45, 7) is 3.71. The number of benzene rings is 1. The highest BCUT2D eigenvalue weighted by Gasteiger charge is 2.13. The molecule has 5 heteroatoms. The molecule has 1 aromatic carbocycles. The van der Waals surface area contributed by atoms with Crippen molar-refractivity contribution in [3.63, 3.8) is 0 Å². The third-order valence-electron chi connectivity index (χ3n) is 2.51. The van der Waals surface area contributed by atoms with Crippen molar-refractivity contribution in [1.29, 1.82) is 0 Å². The lowest BCUT2D eigenvalue weighted by atomic mass is 10.2. The van der Waals surface area contributed by atoms with Gasteiger partial charge in [-0.1, -0.05) is 15.9 Å². The molecule has 88 valence electrons. The summed E-state index contributed by atoms with van der Waals surface area (Å²) in [6, 6.07) is 5.75. The first-order valence-corrected chi connectivity index (χ1v) is 5.84. The van der Waals surface area contributed by atoms with Gasteiger partial charge in [-0.2, -0.15) is 5.10 Å². The number of hydrogen-bond donors (Lipinski definition) is 1. The summed E-state index contributed by atoms with van der Waals surface area (Å²) in [5.41, 5.74) is 2.66. The zero-order chi connectivity index (χ0) is 12.6. The smallest absolute Gasteiger partial charge is 0.356 e. The Morgan fingerprint density at radius 1 is 1.35 bits per heavy atom. The van der Waals surface area contributed by atoms with Crippen LogP contribution >= 0.6 is 15.9 Å². The van der Waals surface area contributed by atoms with E-state index in [9.17, 15) is 4.79 Å². The van der Waals surface area contributed by atoms with Gasteiger partial charge >= 0.3 is 5.97 Å². The van der Waals surface area contributed by atoms with Gasteiger partial charge in [0.15, 0.2) is 5.69 Å². The topological polar surface area (TPSA) is 55.1 Å². The number of aromatic carboxylic acids is 1. The van der Waals surface area contributed by atoms with Crippen LogP contribution in [-0.2, 0) is 0 Å². The maximum atomic E-state index is 10.9. The van der Waals surface area contributed by atoms with E-state index < -0.39 is 5.97 Å². The summed E-state index contributed by atoms with van der Waals surface area (Å²) in [5, 5.41) is 13.0. The predicted molar refractivity (Wildman–Crippen MR) is 67.7 cm³/mol. The van der Waals surface area contributed by atoms with Crippen LogP contribution in [0.3, 0.4) is 0 Å². The molecule has 0 spiro atoms. The molecule has 0 atom stereocenters. The van der Waals surface area contributed by atoms with E-state index in [0.29, 0.717) is 5.56 Å². The van der Waals surface area contributed by atoms with Crippen LogP contribution in [0.5, 0.6) is 0 Å². The van der Waals surface area contributed by atoms with Gasteiger partial charge < -0.3 is 5.11 Å². The zero-order valence-corrected chi connectivity index (χ0v) is 11.0. The number of halogens is 1. The minimum atomic E-state index is -1.00. The van der Waals surface area contributed by atoms with E-state index in [0.717, 1.165) is 15.7 Å². The first-order chi connectivity index (χ1) is 7.99. The Kier molecular flexibility index (Phi) is 3.02. The summed E-state index contributed by atoms with van der Waals surface area (Å²) < 4.78 is 2.60. The quantitative estimate of drug-likeness (QED) is 0.926. The highest BCUT2D eigenvalue weighted by molar-refractivity contribution is 9.10. The van der Waals surface area contributed by atoms with E-state index in [-0.39, 0.29) is 5.69 Å². The molecule has 0 aliphatic rings. The van der Waals surface area contributed by atoms with E-state index in [1.54, 1.807) is 17.8 Å². The molecule has 17 heavy (non-hydrogen) atoms. The van der Waals surface area contributed by atoms with Gasteiger partial charge in [0, 0.05) is 16.2 Å². The van der Waals surface area contributed by atoms with E-state index in [1.807, 2.05) is 25.1 Å². The Hall–Kier alpha value is -1.62. The highest BCUT2D eigenvalue weighted by Crippen LogP contribution is 2.20. The Balaban J connectivity index is 2.50.